The third-order valence-corrected chi connectivity index (χ3v) is 3.95. The first-order chi connectivity index (χ1) is 10.9. The number of nitrogens with zero attached hydrogens (tertiary/aromatic N) is 1. The monoisotopic (exact) mass is 324 g/mol. The Balaban J connectivity index is 2.02. The van der Waals surface area contributed by atoms with Crippen molar-refractivity contribution in [2.24, 2.45) is 5.92 Å². The van der Waals surface area contributed by atoms with Gasteiger partial charge in [-0.1, -0.05) is 26.0 Å². The molecule has 1 unspecified atom stereocenters. The van der Waals surface area contributed by atoms with Crippen LogP contribution in [0.2, 0.25) is 0 Å². The second kappa shape index (κ2) is 7.53. The number of carbonyl (C=O) groups is 2. The molecule has 4 nitrogen and oxygen atoms in total. The molecular weight excluding hydrogens is 302 g/mol. The third-order valence-electron chi connectivity index (χ3n) is 3.95. The van der Waals surface area contributed by atoms with Crippen molar-refractivity contribution in [2.75, 3.05) is 6.54 Å². The van der Waals surface area contributed by atoms with Crippen LogP contribution in [0, 0.1) is 17.6 Å². The quantitative estimate of drug-likeness (QED) is 0.874. The second-order valence-electron chi connectivity index (χ2n) is 6.33. The first kappa shape index (κ1) is 17.4. The topological polar surface area (TPSA) is 49.4 Å². The summed E-state index contributed by atoms with van der Waals surface area (Å²) in [6, 6.07) is 3.65. The van der Waals surface area contributed by atoms with Gasteiger partial charge in [0.05, 0.1) is 0 Å². The molecule has 1 atom stereocenters. The fourth-order valence-electron chi connectivity index (χ4n) is 2.68. The Kier molecular flexibility index (Phi) is 5.69. The van der Waals surface area contributed by atoms with E-state index in [1.165, 1.54) is 17.0 Å². The average molecular weight is 324 g/mol. The highest BCUT2D eigenvalue weighted by Crippen LogP contribution is 2.25. The van der Waals surface area contributed by atoms with Gasteiger partial charge in [0.15, 0.2) is 11.6 Å². The number of hydrogen-bond acceptors (Lipinski definition) is 2. The van der Waals surface area contributed by atoms with Gasteiger partial charge in [-0.3, -0.25) is 9.59 Å². The number of amides is 2. The maximum atomic E-state index is 13.8. The smallest absolute Gasteiger partial charge is 0.223 e. The van der Waals surface area contributed by atoms with Gasteiger partial charge in [-0.25, -0.2) is 8.78 Å². The molecule has 0 aromatic heterocycles. The van der Waals surface area contributed by atoms with E-state index < -0.39 is 11.6 Å². The van der Waals surface area contributed by atoms with Crippen molar-refractivity contribution in [3.63, 3.8) is 0 Å². The van der Waals surface area contributed by atoms with Crippen LogP contribution >= 0.6 is 0 Å². The van der Waals surface area contributed by atoms with E-state index in [9.17, 15) is 18.4 Å². The summed E-state index contributed by atoms with van der Waals surface area (Å²) in [7, 11) is 0. The van der Waals surface area contributed by atoms with Crippen LogP contribution < -0.4 is 5.32 Å². The fourth-order valence-corrected chi connectivity index (χ4v) is 2.68. The molecule has 0 aliphatic carbocycles. The Morgan fingerprint density at radius 1 is 1.39 bits per heavy atom. The molecule has 1 aliphatic rings. The van der Waals surface area contributed by atoms with Crippen LogP contribution in [0.1, 0.15) is 38.7 Å². The van der Waals surface area contributed by atoms with Gasteiger partial charge < -0.3 is 10.2 Å². The summed E-state index contributed by atoms with van der Waals surface area (Å²) in [4.78, 5) is 25.4. The molecule has 2 rings (SSSR count). The maximum Gasteiger partial charge on any atom is 0.223 e. The maximum absolute atomic E-state index is 13.8. The molecule has 0 bridgehead atoms. The van der Waals surface area contributed by atoms with Crippen LogP contribution in [0.25, 0.3) is 0 Å². The van der Waals surface area contributed by atoms with E-state index in [1.54, 1.807) is 0 Å². The van der Waals surface area contributed by atoms with Gasteiger partial charge in [0.2, 0.25) is 11.8 Å². The van der Waals surface area contributed by atoms with Crippen LogP contribution in [0.15, 0.2) is 18.2 Å². The second-order valence-corrected chi connectivity index (χ2v) is 6.33. The Bertz CT molecular complexity index is 590. The lowest BCUT2D eigenvalue weighted by Crippen LogP contribution is -2.38. The predicted octanol–water partition coefficient (Wildman–Crippen LogP) is 2.62. The molecule has 1 fully saturated rings. The standard InChI is InChI=1S/C17H22F2N2O2/c1-11(2)9-20-15(22)8-13-6-7-16(23)21(13)10-12-4-3-5-14(18)17(12)19/h3-5,11,13H,6-10H2,1-2H3,(H,20,22). The molecule has 2 amide bonds. The molecule has 0 radical (unpaired) electrons. The van der Waals surface area contributed by atoms with Gasteiger partial charge in [-0.2, -0.15) is 0 Å². The van der Waals surface area contributed by atoms with Gasteiger partial charge in [-0.15, -0.1) is 0 Å². The number of halogens is 2. The van der Waals surface area contributed by atoms with Gasteiger partial charge in [0.25, 0.3) is 0 Å². The molecule has 1 aromatic rings. The van der Waals surface area contributed by atoms with Gasteiger partial charge in [0, 0.05) is 37.5 Å². The van der Waals surface area contributed by atoms with Crippen LogP contribution in [-0.2, 0) is 16.1 Å². The molecule has 0 spiro atoms. The number of likely N-dealkylation sites (tertiary alicyclic amines) is 1. The van der Waals surface area contributed by atoms with Crippen molar-refractivity contribution in [3.05, 3.63) is 35.4 Å². The van der Waals surface area contributed by atoms with E-state index in [-0.39, 0.29) is 36.4 Å². The largest absolute Gasteiger partial charge is 0.356 e. The lowest BCUT2D eigenvalue weighted by atomic mass is 10.1. The van der Waals surface area contributed by atoms with Gasteiger partial charge in [-0.05, 0) is 18.4 Å². The van der Waals surface area contributed by atoms with E-state index in [2.05, 4.69) is 5.32 Å². The van der Waals surface area contributed by atoms with E-state index >= 15 is 0 Å². The van der Waals surface area contributed by atoms with Crippen LogP contribution in [0.3, 0.4) is 0 Å². The summed E-state index contributed by atoms with van der Waals surface area (Å²) in [5.41, 5.74) is 0.132. The van der Waals surface area contributed by atoms with E-state index in [0.717, 1.165) is 6.07 Å². The van der Waals surface area contributed by atoms with Crippen molar-refractivity contribution in [1.82, 2.24) is 10.2 Å². The zero-order valence-corrected chi connectivity index (χ0v) is 13.4. The molecule has 6 heteroatoms. The van der Waals surface area contributed by atoms with Crippen LogP contribution in [-0.4, -0.2) is 29.3 Å². The minimum Gasteiger partial charge on any atom is -0.356 e. The Labute approximate surface area is 134 Å². The van der Waals surface area contributed by atoms with Crippen LogP contribution in [0.5, 0.6) is 0 Å². The Morgan fingerprint density at radius 2 is 2.13 bits per heavy atom. The third kappa shape index (κ3) is 4.50. The highest BCUT2D eigenvalue weighted by atomic mass is 19.2. The number of nitrogens with one attached hydrogen (secondary N) is 1. The molecule has 1 aromatic carbocycles. The summed E-state index contributed by atoms with van der Waals surface area (Å²) >= 11 is 0. The molecule has 0 saturated carbocycles. The first-order valence-electron chi connectivity index (χ1n) is 7.87. The van der Waals surface area contributed by atoms with E-state index in [4.69, 9.17) is 0 Å². The summed E-state index contributed by atoms with van der Waals surface area (Å²) < 4.78 is 27.1. The summed E-state index contributed by atoms with van der Waals surface area (Å²) in [6.45, 7) is 4.57. The van der Waals surface area contributed by atoms with Gasteiger partial charge >= 0.3 is 0 Å². The normalized spacial score (nSPS) is 17.9. The van der Waals surface area contributed by atoms with Gasteiger partial charge in [0.1, 0.15) is 0 Å². The van der Waals surface area contributed by atoms with Crippen molar-refractivity contribution >= 4 is 11.8 Å². The molecule has 126 valence electrons. The van der Waals surface area contributed by atoms with Crippen LogP contribution in [0.4, 0.5) is 8.78 Å². The lowest BCUT2D eigenvalue weighted by Gasteiger charge is -2.25. The van der Waals surface area contributed by atoms with Crippen molar-refractivity contribution in [3.8, 4) is 0 Å². The van der Waals surface area contributed by atoms with E-state index in [0.29, 0.717) is 25.3 Å². The number of carbonyl (C=O) groups excluding carboxylic acids is 2. The van der Waals surface area contributed by atoms with E-state index in [1.807, 2.05) is 13.8 Å². The fraction of sp³-hybridized carbons (Fsp3) is 0.529. The molecular formula is C17H22F2N2O2. The minimum absolute atomic E-state index is 0.00937. The Morgan fingerprint density at radius 3 is 2.83 bits per heavy atom. The molecule has 1 heterocycles. The number of rotatable bonds is 6. The highest BCUT2D eigenvalue weighted by molar-refractivity contribution is 5.82. The lowest BCUT2D eigenvalue weighted by molar-refractivity contribution is -0.130. The minimum atomic E-state index is -0.935. The average Bonchev–Trinajstić information content (AvgIpc) is 2.82. The summed E-state index contributed by atoms with van der Waals surface area (Å²) in [5.74, 6) is -1.77. The Hall–Kier alpha value is -1.98. The van der Waals surface area contributed by atoms with Crippen molar-refractivity contribution in [1.29, 1.82) is 0 Å². The molecule has 1 aliphatic heterocycles. The highest BCUT2D eigenvalue weighted by Gasteiger charge is 2.33. The summed E-state index contributed by atoms with van der Waals surface area (Å²) in [5, 5.41) is 2.82. The summed E-state index contributed by atoms with van der Waals surface area (Å²) in [6.07, 6.45) is 1.08. The number of benzene rings is 1. The zero-order chi connectivity index (χ0) is 17.0. The van der Waals surface area contributed by atoms with Crippen molar-refractivity contribution in [2.45, 2.75) is 45.7 Å². The number of hydrogen-bond donors (Lipinski definition) is 1. The molecule has 23 heavy (non-hydrogen) atoms. The molecule has 1 N–H and O–H groups in total. The van der Waals surface area contributed by atoms with Crippen molar-refractivity contribution < 1.29 is 18.4 Å². The molecule has 1 saturated heterocycles. The predicted molar refractivity (Wildman–Crippen MR) is 82.4 cm³/mol. The SMILES string of the molecule is CC(C)CNC(=O)CC1CCC(=O)N1Cc1cccc(F)c1F. The zero-order valence-electron chi connectivity index (χ0n) is 13.4. The first-order valence-corrected chi connectivity index (χ1v) is 7.87.